The third-order valence-corrected chi connectivity index (χ3v) is 5.94. The average molecular weight is 429 g/mol. The monoisotopic (exact) mass is 428 g/mol. The van der Waals surface area contributed by atoms with Crippen LogP contribution in [0.3, 0.4) is 0 Å². The molecule has 6 heteroatoms. The van der Waals surface area contributed by atoms with Gasteiger partial charge in [0, 0.05) is 35.1 Å². The Labute approximate surface area is 188 Å². The molecule has 32 heavy (non-hydrogen) atoms. The predicted molar refractivity (Wildman–Crippen MR) is 127 cm³/mol. The lowest BCUT2D eigenvalue weighted by Gasteiger charge is -2.12. The van der Waals surface area contributed by atoms with Crippen LogP contribution in [0.5, 0.6) is 5.75 Å². The molecule has 4 rings (SSSR count). The fourth-order valence-electron chi connectivity index (χ4n) is 3.96. The van der Waals surface area contributed by atoms with Gasteiger partial charge in [-0.3, -0.25) is 4.79 Å². The molecule has 0 unspecified atom stereocenters. The molecule has 0 fully saturated rings. The fraction of sp³-hybridized carbons (Fsp3) is 0.269. The third-order valence-electron chi connectivity index (χ3n) is 5.94. The second-order valence-corrected chi connectivity index (χ2v) is 8.11. The minimum Gasteiger partial charge on any atom is -0.496 e. The minimum atomic E-state index is -0.0117. The van der Waals surface area contributed by atoms with Crippen molar-refractivity contribution in [2.24, 2.45) is 0 Å². The highest BCUT2D eigenvalue weighted by atomic mass is 16.5. The maximum atomic E-state index is 12.6. The number of carbonyl (C=O) groups excluding carboxylic acids is 1. The van der Waals surface area contributed by atoms with E-state index in [1.807, 2.05) is 73.8 Å². The Hall–Kier alpha value is -3.67. The summed E-state index contributed by atoms with van der Waals surface area (Å²) < 4.78 is 7.34. The molecule has 0 aliphatic rings. The van der Waals surface area contributed by atoms with Gasteiger partial charge in [0.1, 0.15) is 5.75 Å². The van der Waals surface area contributed by atoms with Crippen molar-refractivity contribution in [3.63, 3.8) is 0 Å². The number of rotatable bonds is 6. The molecule has 164 valence electrons. The summed E-state index contributed by atoms with van der Waals surface area (Å²) in [7, 11) is 1.66. The first-order chi connectivity index (χ1) is 15.4. The summed E-state index contributed by atoms with van der Waals surface area (Å²) in [5.41, 5.74) is 8.66. The highest BCUT2D eigenvalue weighted by Crippen LogP contribution is 2.30. The average Bonchev–Trinajstić information content (AvgIpc) is 3.20. The summed E-state index contributed by atoms with van der Waals surface area (Å²) in [5.74, 6) is 0.760. The molecule has 6 nitrogen and oxygen atoms in total. The van der Waals surface area contributed by atoms with Crippen LogP contribution in [0.25, 0.3) is 16.9 Å². The fourth-order valence-corrected chi connectivity index (χ4v) is 3.96. The lowest BCUT2D eigenvalue weighted by Crippen LogP contribution is -2.14. The van der Waals surface area contributed by atoms with E-state index in [0.717, 1.165) is 50.9 Å². The Balaban J connectivity index is 1.56. The van der Waals surface area contributed by atoms with Crippen LogP contribution in [0.4, 0.5) is 5.69 Å². The number of carbonyl (C=O) groups is 1. The van der Waals surface area contributed by atoms with Crippen molar-refractivity contribution in [2.45, 2.75) is 40.5 Å². The molecule has 0 radical (unpaired) electrons. The van der Waals surface area contributed by atoms with Gasteiger partial charge >= 0.3 is 0 Å². The van der Waals surface area contributed by atoms with Crippen LogP contribution < -0.4 is 10.1 Å². The van der Waals surface area contributed by atoms with Crippen molar-refractivity contribution in [2.75, 3.05) is 12.4 Å². The van der Waals surface area contributed by atoms with Crippen molar-refractivity contribution in [1.82, 2.24) is 14.6 Å². The van der Waals surface area contributed by atoms with Gasteiger partial charge in [-0.2, -0.15) is 5.10 Å². The first-order valence-corrected chi connectivity index (χ1v) is 10.7. The normalized spacial score (nSPS) is 11.0. The van der Waals surface area contributed by atoms with Gasteiger partial charge in [-0.25, -0.2) is 9.50 Å². The number of benzene rings is 2. The highest BCUT2D eigenvalue weighted by Gasteiger charge is 2.16. The largest absolute Gasteiger partial charge is 0.496 e. The third kappa shape index (κ3) is 4.21. The van der Waals surface area contributed by atoms with Crippen molar-refractivity contribution in [3.8, 4) is 17.0 Å². The number of hydrogen-bond donors (Lipinski definition) is 1. The lowest BCUT2D eigenvalue weighted by atomic mass is 10.1. The number of ether oxygens (including phenoxy) is 1. The first kappa shape index (κ1) is 21.6. The molecule has 0 atom stereocenters. The van der Waals surface area contributed by atoms with Crippen molar-refractivity contribution < 1.29 is 9.53 Å². The van der Waals surface area contributed by atoms with E-state index in [-0.39, 0.29) is 5.91 Å². The van der Waals surface area contributed by atoms with Crippen molar-refractivity contribution in [1.29, 1.82) is 0 Å². The molecule has 2 aromatic carbocycles. The van der Waals surface area contributed by atoms with E-state index in [0.29, 0.717) is 12.8 Å². The highest BCUT2D eigenvalue weighted by molar-refractivity contribution is 5.91. The summed E-state index contributed by atoms with van der Waals surface area (Å²) in [6.45, 7) is 8.11. The molecule has 0 saturated carbocycles. The molecule has 0 spiro atoms. The summed E-state index contributed by atoms with van der Waals surface area (Å²) >= 11 is 0. The smallest absolute Gasteiger partial charge is 0.224 e. The van der Waals surface area contributed by atoms with Gasteiger partial charge in [-0.15, -0.1) is 0 Å². The zero-order valence-electron chi connectivity index (χ0n) is 19.2. The van der Waals surface area contributed by atoms with Gasteiger partial charge in [-0.05, 0) is 75.1 Å². The Kier molecular flexibility index (Phi) is 5.95. The molecule has 1 amide bonds. The molecule has 0 aliphatic heterocycles. The number of aryl methyl sites for hydroxylation is 4. The Morgan fingerprint density at radius 1 is 1.03 bits per heavy atom. The molecule has 0 saturated heterocycles. The number of para-hydroxylation sites is 1. The van der Waals surface area contributed by atoms with Crippen LogP contribution in [0.2, 0.25) is 0 Å². The van der Waals surface area contributed by atoms with Crippen LogP contribution in [0.15, 0.2) is 48.5 Å². The molecule has 4 aromatic rings. The first-order valence-electron chi connectivity index (χ1n) is 10.7. The number of methoxy groups -OCH3 is 1. The van der Waals surface area contributed by atoms with Crippen LogP contribution in [0, 0.1) is 27.7 Å². The van der Waals surface area contributed by atoms with Crippen molar-refractivity contribution >= 4 is 17.2 Å². The number of fused-ring (bicyclic) bond motifs is 1. The van der Waals surface area contributed by atoms with Crippen LogP contribution in [0.1, 0.15) is 34.5 Å². The SMILES string of the molecule is COc1ccccc1-c1cc2nc(C)c(CCC(=O)Nc3ccc(C)c(C)c3)c(C)n2n1. The summed E-state index contributed by atoms with van der Waals surface area (Å²) in [4.78, 5) is 17.3. The number of amides is 1. The summed E-state index contributed by atoms with van der Waals surface area (Å²) in [5, 5.41) is 7.78. The zero-order chi connectivity index (χ0) is 22.8. The molecule has 0 aliphatic carbocycles. The molecule has 2 heterocycles. The quantitative estimate of drug-likeness (QED) is 0.458. The molecule has 0 bridgehead atoms. The number of aromatic nitrogens is 3. The second-order valence-electron chi connectivity index (χ2n) is 8.11. The van der Waals surface area contributed by atoms with Gasteiger partial charge in [0.25, 0.3) is 0 Å². The molecule has 2 aromatic heterocycles. The molecular weight excluding hydrogens is 400 g/mol. The maximum Gasteiger partial charge on any atom is 0.224 e. The Bertz CT molecular complexity index is 1310. The Morgan fingerprint density at radius 2 is 1.81 bits per heavy atom. The Morgan fingerprint density at radius 3 is 2.56 bits per heavy atom. The predicted octanol–water partition coefficient (Wildman–Crippen LogP) is 5.21. The van der Waals surface area contributed by atoms with Crippen LogP contribution >= 0.6 is 0 Å². The van der Waals surface area contributed by atoms with Gasteiger partial charge < -0.3 is 10.1 Å². The molecular formula is C26H28N4O2. The van der Waals surface area contributed by atoms with E-state index in [1.54, 1.807) is 7.11 Å². The minimum absolute atomic E-state index is 0.0117. The van der Waals surface area contributed by atoms with Gasteiger partial charge in [-0.1, -0.05) is 18.2 Å². The van der Waals surface area contributed by atoms with E-state index in [2.05, 4.69) is 12.2 Å². The number of nitrogens with zero attached hydrogens (tertiary/aromatic N) is 3. The number of anilines is 1. The molecule has 1 N–H and O–H groups in total. The lowest BCUT2D eigenvalue weighted by molar-refractivity contribution is -0.116. The van der Waals surface area contributed by atoms with Crippen LogP contribution in [-0.4, -0.2) is 27.6 Å². The van der Waals surface area contributed by atoms with Crippen LogP contribution in [-0.2, 0) is 11.2 Å². The second kappa shape index (κ2) is 8.83. The summed E-state index contributed by atoms with van der Waals surface area (Å²) in [6.07, 6.45) is 0.976. The van der Waals surface area contributed by atoms with Gasteiger partial charge in [0.2, 0.25) is 5.91 Å². The maximum absolute atomic E-state index is 12.6. The van der Waals surface area contributed by atoms with E-state index >= 15 is 0 Å². The van der Waals surface area contributed by atoms with E-state index in [9.17, 15) is 4.79 Å². The van der Waals surface area contributed by atoms with E-state index < -0.39 is 0 Å². The van der Waals surface area contributed by atoms with E-state index in [1.165, 1.54) is 5.56 Å². The van der Waals surface area contributed by atoms with E-state index in [4.69, 9.17) is 14.8 Å². The topological polar surface area (TPSA) is 68.5 Å². The number of nitrogens with one attached hydrogen (secondary N) is 1. The zero-order valence-corrected chi connectivity index (χ0v) is 19.2. The van der Waals surface area contributed by atoms with Crippen molar-refractivity contribution in [3.05, 3.63) is 76.6 Å². The number of hydrogen-bond acceptors (Lipinski definition) is 4. The standard InChI is InChI=1S/C26H28N4O2/c1-16-10-11-20(14-17(16)2)28-26(31)13-12-21-18(3)27-25-15-23(29-30(25)19(21)4)22-8-6-7-9-24(22)32-5/h6-11,14-15H,12-13H2,1-5H3,(H,28,31). The van der Waals surface area contributed by atoms with Gasteiger partial charge in [0.15, 0.2) is 5.65 Å². The van der Waals surface area contributed by atoms with Gasteiger partial charge in [0.05, 0.1) is 12.8 Å². The summed E-state index contributed by atoms with van der Waals surface area (Å²) in [6, 6.07) is 15.7.